The zero-order valence-electron chi connectivity index (χ0n) is 9.89. The Labute approximate surface area is 101 Å². The van der Waals surface area contributed by atoms with E-state index in [1.54, 1.807) is 6.26 Å². The number of nitrogens with one attached hydrogen (secondary N) is 1. The standard InChI is InChI=1S/C14H17NO2/c1-11-5-2-3-6-12(11)9-15-13(10-16)14-7-4-8-17-14/h2-8,13,15-16H,9-10H2,1H3. The molecule has 0 aliphatic carbocycles. The van der Waals surface area contributed by atoms with Gasteiger partial charge in [0.1, 0.15) is 5.76 Å². The van der Waals surface area contributed by atoms with Crippen LogP contribution in [0, 0.1) is 6.92 Å². The maximum Gasteiger partial charge on any atom is 0.123 e. The summed E-state index contributed by atoms with van der Waals surface area (Å²) >= 11 is 0. The van der Waals surface area contributed by atoms with Crippen LogP contribution >= 0.6 is 0 Å². The van der Waals surface area contributed by atoms with Gasteiger partial charge in [-0.2, -0.15) is 0 Å². The summed E-state index contributed by atoms with van der Waals surface area (Å²) in [7, 11) is 0. The third-order valence-electron chi connectivity index (χ3n) is 2.87. The molecule has 3 heteroatoms. The normalized spacial score (nSPS) is 12.6. The number of rotatable bonds is 5. The minimum atomic E-state index is -0.149. The van der Waals surface area contributed by atoms with Crippen molar-refractivity contribution in [2.75, 3.05) is 6.61 Å². The monoisotopic (exact) mass is 231 g/mol. The molecule has 17 heavy (non-hydrogen) atoms. The number of benzene rings is 1. The van der Waals surface area contributed by atoms with Gasteiger partial charge in [-0.25, -0.2) is 0 Å². The van der Waals surface area contributed by atoms with Crippen LogP contribution in [0.4, 0.5) is 0 Å². The third kappa shape index (κ3) is 2.96. The number of hydrogen-bond donors (Lipinski definition) is 2. The number of aryl methyl sites for hydroxylation is 1. The van der Waals surface area contributed by atoms with Crippen LogP contribution in [-0.2, 0) is 6.54 Å². The molecular weight excluding hydrogens is 214 g/mol. The first-order valence-corrected chi connectivity index (χ1v) is 5.73. The van der Waals surface area contributed by atoms with Gasteiger partial charge in [0.25, 0.3) is 0 Å². The number of aliphatic hydroxyl groups excluding tert-OH is 1. The van der Waals surface area contributed by atoms with Crippen LogP contribution in [0.5, 0.6) is 0 Å². The predicted octanol–water partition coefficient (Wildman–Crippen LogP) is 2.41. The molecule has 2 N–H and O–H groups in total. The van der Waals surface area contributed by atoms with E-state index >= 15 is 0 Å². The molecule has 1 heterocycles. The minimum absolute atomic E-state index is 0.0272. The Hall–Kier alpha value is -1.58. The van der Waals surface area contributed by atoms with Crippen molar-refractivity contribution in [3.05, 3.63) is 59.5 Å². The molecule has 0 amide bonds. The number of hydrogen-bond acceptors (Lipinski definition) is 3. The van der Waals surface area contributed by atoms with Crippen molar-refractivity contribution in [1.29, 1.82) is 0 Å². The van der Waals surface area contributed by atoms with E-state index in [1.807, 2.05) is 24.3 Å². The minimum Gasteiger partial charge on any atom is -0.468 e. The lowest BCUT2D eigenvalue weighted by molar-refractivity contribution is 0.225. The summed E-state index contributed by atoms with van der Waals surface area (Å²) in [5.74, 6) is 0.765. The second-order valence-corrected chi connectivity index (χ2v) is 4.06. The Morgan fingerprint density at radius 2 is 2.06 bits per heavy atom. The fourth-order valence-electron chi connectivity index (χ4n) is 1.79. The largest absolute Gasteiger partial charge is 0.468 e. The van der Waals surface area contributed by atoms with E-state index in [-0.39, 0.29) is 12.6 Å². The lowest BCUT2D eigenvalue weighted by Gasteiger charge is -2.14. The van der Waals surface area contributed by atoms with Crippen molar-refractivity contribution in [2.24, 2.45) is 0 Å². The molecule has 1 aromatic heterocycles. The van der Waals surface area contributed by atoms with Crippen LogP contribution < -0.4 is 5.32 Å². The van der Waals surface area contributed by atoms with E-state index in [2.05, 4.69) is 24.4 Å². The zero-order chi connectivity index (χ0) is 12.1. The topological polar surface area (TPSA) is 45.4 Å². The summed E-state index contributed by atoms with van der Waals surface area (Å²) in [4.78, 5) is 0. The van der Waals surface area contributed by atoms with Crippen molar-refractivity contribution in [1.82, 2.24) is 5.32 Å². The second-order valence-electron chi connectivity index (χ2n) is 4.06. The highest BCUT2D eigenvalue weighted by Crippen LogP contribution is 2.14. The molecule has 0 saturated heterocycles. The summed E-state index contributed by atoms with van der Waals surface area (Å²) < 4.78 is 5.28. The van der Waals surface area contributed by atoms with Crippen molar-refractivity contribution < 1.29 is 9.52 Å². The summed E-state index contributed by atoms with van der Waals surface area (Å²) in [5.41, 5.74) is 2.48. The Kier molecular flexibility index (Phi) is 3.96. The molecule has 0 saturated carbocycles. The van der Waals surface area contributed by atoms with Gasteiger partial charge in [-0.3, -0.25) is 0 Å². The lowest BCUT2D eigenvalue weighted by Crippen LogP contribution is -2.23. The predicted molar refractivity (Wildman–Crippen MR) is 66.6 cm³/mol. The Morgan fingerprint density at radius 3 is 2.71 bits per heavy atom. The maximum atomic E-state index is 9.32. The highest BCUT2D eigenvalue weighted by Gasteiger charge is 2.12. The van der Waals surface area contributed by atoms with Crippen molar-refractivity contribution in [3.63, 3.8) is 0 Å². The van der Waals surface area contributed by atoms with Gasteiger partial charge in [0, 0.05) is 6.54 Å². The number of aliphatic hydroxyl groups is 1. The molecule has 0 spiro atoms. The molecule has 1 aromatic carbocycles. The van der Waals surface area contributed by atoms with Crippen LogP contribution in [0.2, 0.25) is 0 Å². The second kappa shape index (κ2) is 5.66. The molecule has 0 aliphatic rings. The van der Waals surface area contributed by atoms with Gasteiger partial charge in [0.15, 0.2) is 0 Å². The van der Waals surface area contributed by atoms with E-state index in [0.29, 0.717) is 0 Å². The molecule has 0 bridgehead atoms. The fourth-order valence-corrected chi connectivity index (χ4v) is 1.79. The summed E-state index contributed by atoms with van der Waals surface area (Å²) in [6.07, 6.45) is 1.62. The molecule has 1 atom stereocenters. The van der Waals surface area contributed by atoms with E-state index < -0.39 is 0 Å². The van der Waals surface area contributed by atoms with Crippen molar-refractivity contribution in [2.45, 2.75) is 19.5 Å². The third-order valence-corrected chi connectivity index (χ3v) is 2.87. The zero-order valence-corrected chi connectivity index (χ0v) is 9.89. The highest BCUT2D eigenvalue weighted by atomic mass is 16.3. The van der Waals surface area contributed by atoms with E-state index in [4.69, 9.17) is 4.42 Å². The van der Waals surface area contributed by atoms with E-state index in [9.17, 15) is 5.11 Å². The molecule has 0 fully saturated rings. The van der Waals surface area contributed by atoms with Gasteiger partial charge >= 0.3 is 0 Å². The average Bonchev–Trinajstić information content (AvgIpc) is 2.86. The Bertz CT molecular complexity index is 451. The van der Waals surface area contributed by atoms with Gasteiger partial charge in [-0.05, 0) is 30.2 Å². The average molecular weight is 231 g/mol. The van der Waals surface area contributed by atoms with Crippen LogP contribution in [0.3, 0.4) is 0 Å². The van der Waals surface area contributed by atoms with Gasteiger partial charge in [0.05, 0.1) is 18.9 Å². The first-order valence-electron chi connectivity index (χ1n) is 5.73. The summed E-state index contributed by atoms with van der Waals surface area (Å²) in [6.45, 7) is 2.83. The summed E-state index contributed by atoms with van der Waals surface area (Å²) in [6, 6.07) is 11.7. The SMILES string of the molecule is Cc1ccccc1CNC(CO)c1ccco1. The van der Waals surface area contributed by atoms with Crippen molar-refractivity contribution in [3.8, 4) is 0 Å². The summed E-state index contributed by atoms with van der Waals surface area (Å²) in [5, 5.41) is 12.6. The molecular formula is C14H17NO2. The van der Waals surface area contributed by atoms with Gasteiger partial charge in [-0.15, -0.1) is 0 Å². The molecule has 3 nitrogen and oxygen atoms in total. The van der Waals surface area contributed by atoms with Crippen molar-refractivity contribution >= 4 is 0 Å². The quantitative estimate of drug-likeness (QED) is 0.830. The smallest absolute Gasteiger partial charge is 0.123 e. The lowest BCUT2D eigenvalue weighted by atomic mass is 10.1. The molecule has 90 valence electrons. The van der Waals surface area contributed by atoms with Gasteiger partial charge < -0.3 is 14.8 Å². The van der Waals surface area contributed by atoms with Gasteiger partial charge in [0.2, 0.25) is 0 Å². The van der Waals surface area contributed by atoms with Crippen LogP contribution in [0.15, 0.2) is 47.1 Å². The first-order chi connectivity index (χ1) is 8.31. The Morgan fingerprint density at radius 1 is 1.24 bits per heavy atom. The molecule has 2 aromatic rings. The highest BCUT2D eigenvalue weighted by molar-refractivity contribution is 5.25. The Balaban J connectivity index is 2.00. The molecule has 0 radical (unpaired) electrons. The number of furan rings is 1. The first kappa shape index (κ1) is 11.9. The van der Waals surface area contributed by atoms with E-state index in [0.717, 1.165) is 12.3 Å². The van der Waals surface area contributed by atoms with Crippen LogP contribution in [0.1, 0.15) is 22.9 Å². The maximum absolute atomic E-state index is 9.32. The fraction of sp³-hybridized carbons (Fsp3) is 0.286. The molecule has 2 rings (SSSR count). The molecule has 1 unspecified atom stereocenters. The van der Waals surface area contributed by atoms with Gasteiger partial charge in [-0.1, -0.05) is 24.3 Å². The van der Waals surface area contributed by atoms with Crippen LogP contribution in [-0.4, -0.2) is 11.7 Å². The van der Waals surface area contributed by atoms with Crippen LogP contribution in [0.25, 0.3) is 0 Å². The van der Waals surface area contributed by atoms with E-state index in [1.165, 1.54) is 11.1 Å². The molecule has 0 aliphatic heterocycles.